The van der Waals surface area contributed by atoms with Crippen molar-refractivity contribution < 1.29 is 4.79 Å². The van der Waals surface area contributed by atoms with E-state index < -0.39 is 0 Å². The van der Waals surface area contributed by atoms with E-state index >= 15 is 0 Å². The molecule has 4 rings (SSSR count). The summed E-state index contributed by atoms with van der Waals surface area (Å²) in [7, 11) is 4.04. The molecule has 0 aliphatic heterocycles. The number of nitrogens with one attached hydrogen (secondary N) is 2. The maximum atomic E-state index is 12.9. The van der Waals surface area contributed by atoms with Gasteiger partial charge in [-0.05, 0) is 60.1 Å². The molecule has 0 unspecified atom stereocenters. The number of carbonyl (C=O) groups is 1. The van der Waals surface area contributed by atoms with Gasteiger partial charge in [-0.25, -0.2) is 9.50 Å². The summed E-state index contributed by atoms with van der Waals surface area (Å²) in [6.45, 7) is 1.63. The second kappa shape index (κ2) is 7.89. The number of hydrogen-bond donors (Lipinski definition) is 2. The lowest BCUT2D eigenvalue weighted by molar-refractivity contribution is 0.0931. The first-order valence-corrected chi connectivity index (χ1v) is 10.1. The highest BCUT2D eigenvalue weighted by atomic mass is 79.9. The number of amides is 1. The van der Waals surface area contributed by atoms with Crippen LogP contribution in [0.2, 0.25) is 0 Å². The third kappa shape index (κ3) is 3.74. The summed E-state index contributed by atoms with van der Waals surface area (Å²) in [6.07, 6.45) is 3.36. The Kier molecular flexibility index (Phi) is 5.32. The first-order valence-electron chi connectivity index (χ1n) is 9.32. The predicted molar refractivity (Wildman–Crippen MR) is 113 cm³/mol. The first-order chi connectivity index (χ1) is 13.5. The number of carbonyl (C=O) groups excluding carboxylic acids is 1. The molecule has 28 heavy (non-hydrogen) atoms. The summed E-state index contributed by atoms with van der Waals surface area (Å²) in [6, 6.07) is 10.1. The zero-order chi connectivity index (χ0) is 19.7. The summed E-state index contributed by atoms with van der Waals surface area (Å²) in [4.78, 5) is 19.4. The molecule has 0 atom stereocenters. The van der Waals surface area contributed by atoms with E-state index in [-0.39, 0.29) is 11.9 Å². The molecule has 1 aliphatic rings. The SMILES string of the molecule is CN(C)CCNc1nn2c(C(=O)NC3Cc4ccccc4C3)ccnc2c1Br. The van der Waals surface area contributed by atoms with Crippen molar-refractivity contribution in [3.63, 3.8) is 0 Å². The van der Waals surface area contributed by atoms with Gasteiger partial charge < -0.3 is 15.5 Å². The van der Waals surface area contributed by atoms with E-state index in [0.29, 0.717) is 17.2 Å². The van der Waals surface area contributed by atoms with E-state index in [2.05, 4.69) is 53.7 Å². The molecular weight excluding hydrogens is 420 g/mol. The molecule has 1 aromatic carbocycles. The Morgan fingerprint density at radius 2 is 1.96 bits per heavy atom. The predicted octanol–water partition coefficient (Wildman–Crippen LogP) is 2.36. The fourth-order valence-electron chi connectivity index (χ4n) is 3.52. The number of halogens is 1. The van der Waals surface area contributed by atoms with Gasteiger partial charge in [-0.15, -0.1) is 5.10 Å². The third-order valence-corrected chi connectivity index (χ3v) is 5.66. The lowest BCUT2D eigenvalue weighted by Crippen LogP contribution is -2.36. The molecule has 8 heteroatoms. The van der Waals surface area contributed by atoms with Gasteiger partial charge in [0.1, 0.15) is 10.2 Å². The van der Waals surface area contributed by atoms with Gasteiger partial charge in [-0.3, -0.25) is 4.79 Å². The number of aromatic nitrogens is 3. The molecule has 3 aromatic rings. The minimum absolute atomic E-state index is 0.102. The molecular formula is C20H23BrN6O. The smallest absolute Gasteiger partial charge is 0.270 e. The summed E-state index contributed by atoms with van der Waals surface area (Å²) in [5.74, 6) is 0.544. The molecule has 2 N–H and O–H groups in total. The van der Waals surface area contributed by atoms with Gasteiger partial charge in [-0.1, -0.05) is 24.3 Å². The zero-order valence-electron chi connectivity index (χ0n) is 15.9. The first kappa shape index (κ1) is 18.9. The molecule has 0 fully saturated rings. The highest BCUT2D eigenvalue weighted by molar-refractivity contribution is 9.10. The summed E-state index contributed by atoms with van der Waals surface area (Å²) < 4.78 is 2.36. The Bertz CT molecular complexity index is 990. The fraction of sp³-hybridized carbons (Fsp3) is 0.350. The monoisotopic (exact) mass is 442 g/mol. The van der Waals surface area contributed by atoms with Crippen LogP contribution in [-0.4, -0.2) is 58.6 Å². The fourth-order valence-corrected chi connectivity index (χ4v) is 4.01. The van der Waals surface area contributed by atoms with Gasteiger partial charge in [0.05, 0.1) is 0 Å². The van der Waals surface area contributed by atoms with Crippen molar-refractivity contribution in [2.75, 3.05) is 32.5 Å². The number of hydrogen-bond acceptors (Lipinski definition) is 5. The molecule has 0 saturated heterocycles. The normalized spacial score (nSPS) is 13.9. The van der Waals surface area contributed by atoms with Gasteiger partial charge in [-0.2, -0.15) is 0 Å². The van der Waals surface area contributed by atoms with Crippen molar-refractivity contribution in [3.05, 3.63) is 57.8 Å². The molecule has 2 heterocycles. The summed E-state index contributed by atoms with van der Waals surface area (Å²) in [5, 5.41) is 11.0. The van der Waals surface area contributed by atoms with Crippen LogP contribution in [0.3, 0.4) is 0 Å². The van der Waals surface area contributed by atoms with Gasteiger partial charge in [0, 0.05) is 25.3 Å². The summed E-state index contributed by atoms with van der Waals surface area (Å²) >= 11 is 3.56. The number of rotatable bonds is 6. The molecule has 0 bridgehead atoms. The van der Waals surface area contributed by atoms with Crippen LogP contribution in [0.25, 0.3) is 5.65 Å². The van der Waals surface area contributed by atoms with Gasteiger partial charge in [0.15, 0.2) is 11.5 Å². The molecule has 0 radical (unpaired) electrons. The Morgan fingerprint density at radius 3 is 2.64 bits per heavy atom. The van der Waals surface area contributed by atoms with Crippen molar-refractivity contribution in [1.29, 1.82) is 0 Å². The largest absolute Gasteiger partial charge is 0.366 e. The van der Waals surface area contributed by atoms with Crippen LogP contribution in [0.5, 0.6) is 0 Å². The highest BCUT2D eigenvalue weighted by Gasteiger charge is 2.24. The lowest BCUT2D eigenvalue weighted by Gasteiger charge is -2.12. The van der Waals surface area contributed by atoms with Crippen molar-refractivity contribution in [2.45, 2.75) is 18.9 Å². The number of benzene rings is 1. The number of anilines is 1. The minimum atomic E-state index is -0.139. The van der Waals surface area contributed by atoms with Crippen molar-refractivity contribution >= 4 is 33.3 Å². The lowest BCUT2D eigenvalue weighted by atomic mass is 10.1. The van der Waals surface area contributed by atoms with E-state index in [9.17, 15) is 4.79 Å². The summed E-state index contributed by atoms with van der Waals surface area (Å²) in [5.41, 5.74) is 3.71. The van der Waals surface area contributed by atoms with Crippen molar-refractivity contribution in [1.82, 2.24) is 24.8 Å². The Labute approximate surface area is 172 Å². The highest BCUT2D eigenvalue weighted by Crippen LogP contribution is 2.26. The van der Waals surface area contributed by atoms with E-state index in [4.69, 9.17) is 0 Å². The molecule has 7 nitrogen and oxygen atoms in total. The molecule has 0 saturated carbocycles. The maximum absolute atomic E-state index is 12.9. The molecule has 0 spiro atoms. The van der Waals surface area contributed by atoms with Crippen LogP contribution >= 0.6 is 15.9 Å². The van der Waals surface area contributed by atoms with Crippen LogP contribution in [0, 0.1) is 0 Å². The quantitative estimate of drug-likeness (QED) is 0.612. The van der Waals surface area contributed by atoms with E-state index in [1.54, 1.807) is 16.8 Å². The van der Waals surface area contributed by atoms with Crippen LogP contribution in [0.4, 0.5) is 5.82 Å². The Balaban J connectivity index is 1.52. The third-order valence-electron chi connectivity index (χ3n) is 4.93. The average Bonchev–Trinajstić information content (AvgIpc) is 3.22. The van der Waals surface area contributed by atoms with Gasteiger partial charge >= 0.3 is 0 Å². The Hall–Kier alpha value is -2.45. The minimum Gasteiger partial charge on any atom is -0.366 e. The van der Waals surface area contributed by atoms with E-state index in [0.717, 1.165) is 30.4 Å². The molecule has 146 valence electrons. The number of fused-ring (bicyclic) bond motifs is 2. The van der Waals surface area contributed by atoms with Crippen LogP contribution in [-0.2, 0) is 12.8 Å². The van der Waals surface area contributed by atoms with Gasteiger partial charge in [0.25, 0.3) is 5.91 Å². The van der Waals surface area contributed by atoms with Crippen molar-refractivity contribution in [3.8, 4) is 0 Å². The topological polar surface area (TPSA) is 74.6 Å². The second-order valence-corrected chi connectivity index (χ2v) is 8.10. The maximum Gasteiger partial charge on any atom is 0.270 e. The number of likely N-dealkylation sites (N-methyl/N-ethyl adjacent to an activating group) is 1. The zero-order valence-corrected chi connectivity index (χ0v) is 17.5. The van der Waals surface area contributed by atoms with Gasteiger partial charge in [0.2, 0.25) is 0 Å². The van der Waals surface area contributed by atoms with Crippen molar-refractivity contribution in [2.24, 2.45) is 0 Å². The number of nitrogens with zero attached hydrogens (tertiary/aromatic N) is 4. The van der Waals surface area contributed by atoms with Crippen LogP contribution in [0.1, 0.15) is 21.6 Å². The van der Waals surface area contributed by atoms with Crippen LogP contribution in [0.15, 0.2) is 41.0 Å². The molecule has 1 aliphatic carbocycles. The average molecular weight is 443 g/mol. The Morgan fingerprint density at radius 1 is 1.25 bits per heavy atom. The molecule has 1 amide bonds. The molecule has 2 aromatic heterocycles. The standard InChI is InChI=1S/C20H23BrN6O/c1-26(2)10-9-22-18-17(21)19-23-8-7-16(27(19)25-18)20(28)24-15-11-13-5-3-4-6-14(13)12-15/h3-8,15H,9-12H2,1-2H3,(H,22,25)(H,24,28). The van der Waals surface area contributed by atoms with E-state index in [1.807, 2.05) is 26.2 Å². The van der Waals surface area contributed by atoms with Crippen LogP contribution < -0.4 is 10.6 Å². The van der Waals surface area contributed by atoms with E-state index in [1.165, 1.54) is 11.1 Å². The second-order valence-electron chi connectivity index (χ2n) is 7.31.